The molecule has 1 aliphatic rings. The third kappa shape index (κ3) is 5.39. The van der Waals surface area contributed by atoms with Gasteiger partial charge in [-0.2, -0.15) is 0 Å². The van der Waals surface area contributed by atoms with Gasteiger partial charge in [0.05, 0.1) is 33.1 Å². The van der Waals surface area contributed by atoms with E-state index in [1.807, 2.05) is 0 Å². The van der Waals surface area contributed by atoms with Gasteiger partial charge in [-0.05, 0) is 101 Å². The predicted octanol–water partition coefficient (Wildman–Crippen LogP) is 13.3. The van der Waals surface area contributed by atoms with Crippen LogP contribution in [0.25, 0.3) is 82.5 Å². The van der Waals surface area contributed by atoms with Crippen LogP contribution >= 0.6 is 0 Å². The van der Waals surface area contributed by atoms with E-state index in [2.05, 4.69) is 250 Å². The zero-order valence-corrected chi connectivity index (χ0v) is 36.3. The molecule has 13 rings (SSSR count). The van der Waals surface area contributed by atoms with Crippen LogP contribution in [0.2, 0.25) is 0 Å². The van der Waals surface area contributed by atoms with Crippen molar-refractivity contribution in [3.63, 3.8) is 0 Å². The number of hydrogen-bond acceptors (Lipinski definition) is 0. The van der Waals surface area contributed by atoms with Gasteiger partial charge in [0.1, 0.15) is 0 Å². The zero-order valence-electron chi connectivity index (χ0n) is 35.3. The van der Waals surface area contributed by atoms with Crippen molar-refractivity contribution in [1.29, 1.82) is 0 Å². The summed E-state index contributed by atoms with van der Waals surface area (Å²) < 4.78 is 7.39. The number of fused-ring (bicyclic) bond motifs is 9. The van der Waals surface area contributed by atoms with Crippen molar-refractivity contribution in [1.82, 2.24) is 13.7 Å². The summed E-state index contributed by atoms with van der Waals surface area (Å²) in [7, 11) is -2.91. The molecule has 0 bridgehead atoms. The average molecular weight is 834 g/mol. The number of rotatable bonds is 7. The number of aromatic nitrogens is 3. The molecule has 1 unspecified atom stereocenters. The van der Waals surface area contributed by atoms with Crippen LogP contribution in [0.15, 0.2) is 242 Å². The fourth-order valence-corrected chi connectivity index (χ4v) is 16.2. The second-order valence-corrected chi connectivity index (χ2v) is 21.0. The molecule has 0 N–H and O–H groups in total. The highest BCUT2D eigenvalue weighted by molar-refractivity contribution is 7.16. The van der Waals surface area contributed by atoms with Crippen LogP contribution in [0.3, 0.4) is 0 Å². The third-order valence-corrected chi connectivity index (χ3v) is 18.8. The maximum Gasteiger partial charge on any atom is 0.175 e. The van der Waals surface area contributed by atoms with Crippen LogP contribution in [0, 0.1) is 0 Å². The van der Waals surface area contributed by atoms with E-state index in [-0.39, 0.29) is 0 Å². The highest BCUT2D eigenvalue weighted by Crippen LogP contribution is 2.40. The lowest BCUT2D eigenvalue weighted by atomic mass is 10.1. The van der Waals surface area contributed by atoms with Crippen molar-refractivity contribution >= 4 is 89.1 Å². The molecule has 3 heterocycles. The number of benzene rings is 9. The van der Waals surface area contributed by atoms with Gasteiger partial charge in [0.15, 0.2) is 8.07 Å². The summed E-state index contributed by atoms with van der Waals surface area (Å²) in [6.07, 6.45) is 9.13. The van der Waals surface area contributed by atoms with Gasteiger partial charge in [0.2, 0.25) is 0 Å². The van der Waals surface area contributed by atoms with Crippen molar-refractivity contribution in [2.45, 2.75) is 12.8 Å². The van der Waals surface area contributed by atoms with Gasteiger partial charge in [0.25, 0.3) is 0 Å². The Labute approximate surface area is 372 Å². The van der Waals surface area contributed by atoms with Gasteiger partial charge in [-0.3, -0.25) is 0 Å². The second-order valence-electron chi connectivity index (χ2n) is 17.2. The molecule has 0 radical (unpaired) electrons. The van der Waals surface area contributed by atoms with Gasteiger partial charge in [-0.1, -0.05) is 169 Å². The molecule has 0 fully saturated rings. The first-order valence-corrected chi connectivity index (χ1v) is 24.4. The lowest BCUT2D eigenvalue weighted by Gasteiger charge is -2.37. The molecule has 1 atom stereocenters. The second kappa shape index (κ2) is 14.6. The Morgan fingerprint density at radius 3 is 1.34 bits per heavy atom. The van der Waals surface area contributed by atoms with Crippen molar-refractivity contribution in [2.24, 2.45) is 0 Å². The maximum atomic E-state index is 2.56. The Morgan fingerprint density at radius 2 is 0.766 bits per heavy atom. The molecule has 0 amide bonds. The van der Waals surface area contributed by atoms with Crippen LogP contribution in [-0.4, -0.2) is 21.8 Å². The van der Waals surface area contributed by atoms with Gasteiger partial charge in [0, 0.05) is 49.4 Å². The van der Waals surface area contributed by atoms with Gasteiger partial charge < -0.3 is 13.7 Å². The van der Waals surface area contributed by atoms with Crippen LogP contribution in [0.1, 0.15) is 12.8 Å². The highest BCUT2D eigenvalue weighted by atomic mass is 28.3. The van der Waals surface area contributed by atoms with Crippen LogP contribution in [0.5, 0.6) is 0 Å². The zero-order chi connectivity index (χ0) is 42.2. The number of allylic oxidation sites excluding steroid dienone is 4. The first-order chi connectivity index (χ1) is 31.8. The Morgan fingerprint density at radius 1 is 0.312 bits per heavy atom. The van der Waals surface area contributed by atoms with E-state index in [4.69, 9.17) is 0 Å². The van der Waals surface area contributed by atoms with Crippen LogP contribution in [0.4, 0.5) is 0 Å². The smallest absolute Gasteiger partial charge is 0.175 e. The lowest BCUT2D eigenvalue weighted by Crippen LogP contribution is -2.68. The highest BCUT2D eigenvalue weighted by Gasteiger charge is 2.43. The normalized spacial score (nSPS) is 14.0. The van der Waals surface area contributed by atoms with E-state index >= 15 is 0 Å². The molecule has 0 saturated carbocycles. The quantitative estimate of drug-likeness (QED) is 0.112. The third-order valence-electron chi connectivity index (χ3n) is 13.8. The van der Waals surface area contributed by atoms with Crippen LogP contribution < -0.4 is 15.6 Å². The average Bonchev–Trinajstić information content (AvgIpc) is 4.00. The minimum atomic E-state index is -2.91. The summed E-state index contributed by atoms with van der Waals surface area (Å²) in [5.74, 6) is 0. The standard InChI is InChI=1S/C60H43N3Si/c1-5-20-42(21-6-1)61-55-33-16-13-30-49(55)52-39-48(36-37-58(52)61)64(45-25-9-3-10-26-45,46-27-11-4-12-28-46)47-29-19-24-44(38-47)63-57-35-18-15-32-51(57)54-40-53-50-31-14-17-34-56(50)62(59(53)41-60(54)63)43-22-7-2-8-23-43/h1-11,13-27,29-41H,12,28H2. The molecule has 0 spiro atoms. The van der Waals surface area contributed by atoms with Crippen LogP contribution in [-0.2, 0) is 0 Å². The number of hydrogen-bond donors (Lipinski definition) is 0. The Bertz CT molecular complexity index is 3830. The molecule has 4 heteroatoms. The molecule has 3 nitrogen and oxygen atoms in total. The Kier molecular flexibility index (Phi) is 8.37. The van der Waals surface area contributed by atoms with E-state index in [9.17, 15) is 0 Å². The monoisotopic (exact) mass is 833 g/mol. The van der Waals surface area contributed by atoms with Crippen molar-refractivity contribution in [3.8, 4) is 17.1 Å². The van der Waals surface area contributed by atoms with Crippen molar-refractivity contribution < 1.29 is 0 Å². The summed E-state index contributed by atoms with van der Waals surface area (Å²) >= 11 is 0. The summed E-state index contributed by atoms with van der Waals surface area (Å²) in [4.78, 5) is 0. The fraction of sp³-hybridized carbons (Fsp3) is 0.0333. The molecule has 3 aromatic heterocycles. The molecule has 9 aromatic carbocycles. The molecule has 0 aliphatic heterocycles. The summed E-state index contributed by atoms with van der Waals surface area (Å²) in [5.41, 5.74) is 10.8. The summed E-state index contributed by atoms with van der Waals surface area (Å²) in [6, 6.07) is 81.7. The predicted molar refractivity (Wildman–Crippen MR) is 273 cm³/mol. The molecule has 302 valence electrons. The maximum absolute atomic E-state index is 2.91. The van der Waals surface area contributed by atoms with Crippen molar-refractivity contribution in [3.05, 3.63) is 242 Å². The molecule has 12 aromatic rings. The lowest BCUT2D eigenvalue weighted by molar-refractivity contribution is 1.01. The van der Waals surface area contributed by atoms with E-state index in [0.717, 1.165) is 18.5 Å². The molecule has 64 heavy (non-hydrogen) atoms. The van der Waals surface area contributed by atoms with Crippen molar-refractivity contribution in [2.75, 3.05) is 0 Å². The van der Waals surface area contributed by atoms with Gasteiger partial charge in [-0.25, -0.2) is 0 Å². The van der Waals surface area contributed by atoms with E-state index in [0.29, 0.717) is 0 Å². The van der Waals surface area contributed by atoms with Gasteiger partial charge >= 0.3 is 0 Å². The number of nitrogens with zero attached hydrogens (tertiary/aromatic N) is 3. The molecular weight excluding hydrogens is 791 g/mol. The topological polar surface area (TPSA) is 14.8 Å². The largest absolute Gasteiger partial charge is 0.309 e. The minimum absolute atomic E-state index is 1.02. The molecule has 1 aliphatic carbocycles. The molecule has 0 saturated heterocycles. The SMILES string of the molecule is C1=CCCC([Si](c2ccccc2)(c2cccc(-n3c4ccccc4c4cc5c6ccccc6n(-c6ccccc6)c5cc43)c2)c2ccc3c(c2)c2ccccc2n3-c2ccccc2)=C1. The van der Waals surface area contributed by atoms with E-state index in [1.165, 1.54) is 97.5 Å². The molecular formula is C60H43N3Si. The first-order valence-electron chi connectivity index (χ1n) is 22.4. The number of para-hydroxylation sites is 5. The van der Waals surface area contributed by atoms with E-state index in [1.54, 1.807) is 0 Å². The minimum Gasteiger partial charge on any atom is -0.309 e. The summed E-state index contributed by atoms with van der Waals surface area (Å²) in [5, 5.41) is 13.3. The van der Waals surface area contributed by atoms with Gasteiger partial charge in [-0.15, -0.1) is 0 Å². The fourth-order valence-electron chi connectivity index (χ4n) is 11.2. The Hall–Kier alpha value is -7.92. The Balaban J connectivity index is 1.10. The summed E-state index contributed by atoms with van der Waals surface area (Å²) in [6.45, 7) is 0. The van der Waals surface area contributed by atoms with E-state index < -0.39 is 8.07 Å². The first kappa shape index (κ1) is 36.7.